The highest BCUT2D eigenvalue weighted by atomic mass is 35.5. The lowest BCUT2D eigenvalue weighted by molar-refractivity contribution is -0.154. The Morgan fingerprint density at radius 1 is 1.00 bits per heavy atom. The summed E-state index contributed by atoms with van der Waals surface area (Å²) in [6.45, 7) is -2.71. The molecule has 0 saturated heterocycles. The van der Waals surface area contributed by atoms with Crippen molar-refractivity contribution >= 4 is 18.3 Å². The van der Waals surface area contributed by atoms with Gasteiger partial charge in [-0.25, -0.2) is 0 Å². The van der Waals surface area contributed by atoms with E-state index in [-0.39, 0.29) is 30.3 Å². The average molecular weight is 411 g/mol. The maximum Gasteiger partial charge on any atom is 0.422 e. The van der Waals surface area contributed by atoms with Gasteiger partial charge in [-0.05, 0) is 25.2 Å². The Bertz CT molecular complexity index is 581. The molecule has 0 heterocycles. The summed E-state index contributed by atoms with van der Waals surface area (Å²) in [6.07, 6.45) is -9.23. The molecule has 0 aliphatic heterocycles. The van der Waals surface area contributed by atoms with Crippen molar-refractivity contribution in [1.29, 1.82) is 0 Å². The lowest BCUT2D eigenvalue weighted by Gasteiger charge is -2.15. The maximum atomic E-state index is 12.3. The van der Waals surface area contributed by atoms with Crippen molar-refractivity contribution in [2.24, 2.45) is 0 Å². The Morgan fingerprint density at radius 3 is 2.12 bits per heavy atom. The van der Waals surface area contributed by atoms with Gasteiger partial charge < -0.3 is 20.1 Å². The SMILES string of the molecule is CNCCNC(=O)c1cc(OCC(F)(F)F)ccc1OCC(F)(F)F.Cl. The summed E-state index contributed by atoms with van der Waals surface area (Å²) >= 11 is 0. The molecule has 1 amide bonds. The average Bonchev–Trinajstić information content (AvgIpc) is 2.50. The predicted octanol–water partition coefficient (Wildman–Crippen LogP) is 2.94. The molecule has 12 heteroatoms. The Labute approximate surface area is 151 Å². The molecule has 0 aromatic heterocycles. The second kappa shape index (κ2) is 10.3. The molecule has 2 N–H and O–H groups in total. The van der Waals surface area contributed by atoms with Crippen LogP contribution in [-0.2, 0) is 0 Å². The number of amides is 1. The third kappa shape index (κ3) is 9.56. The lowest BCUT2D eigenvalue weighted by Crippen LogP contribution is -2.31. The fourth-order valence-electron chi connectivity index (χ4n) is 1.62. The van der Waals surface area contributed by atoms with E-state index in [0.29, 0.717) is 6.54 Å². The van der Waals surface area contributed by atoms with E-state index >= 15 is 0 Å². The number of halogens is 7. The molecule has 5 nitrogen and oxygen atoms in total. The van der Waals surface area contributed by atoms with Gasteiger partial charge in [-0.2, -0.15) is 26.3 Å². The summed E-state index contributed by atoms with van der Waals surface area (Å²) in [5.41, 5.74) is -0.361. The molecule has 1 aromatic carbocycles. The van der Waals surface area contributed by atoms with Crippen LogP contribution in [0.4, 0.5) is 26.3 Å². The number of rotatable bonds is 8. The van der Waals surface area contributed by atoms with Crippen LogP contribution in [0.15, 0.2) is 18.2 Å². The van der Waals surface area contributed by atoms with Crippen LogP contribution in [0.3, 0.4) is 0 Å². The Hall–Kier alpha value is -1.88. The van der Waals surface area contributed by atoms with Gasteiger partial charge in [0.05, 0.1) is 5.56 Å². The van der Waals surface area contributed by atoms with Gasteiger partial charge in [0.25, 0.3) is 5.91 Å². The third-order valence-electron chi connectivity index (χ3n) is 2.65. The predicted molar refractivity (Wildman–Crippen MR) is 83.0 cm³/mol. The summed E-state index contributed by atoms with van der Waals surface area (Å²) in [5, 5.41) is 5.13. The normalized spacial score (nSPS) is 11.5. The van der Waals surface area contributed by atoms with Crippen molar-refractivity contribution in [1.82, 2.24) is 10.6 Å². The molecule has 0 atom stereocenters. The number of hydrogen-bond acceptors (Lipinski definition) is 4. The van der Waals surface area contributed by atoms with Gasteiger partial charge in [0.15, 0.2) is 13.2 Å². The van der Waals surface area contributed by atoms with Crippen molar-refractivity contribution in [3.05, 3.63) is 23.8 Å². The van der Waals surface area contributed by atoms with Crippen LogP contribution in [0.2, 0.25) is 0 Å². The number of alkyl halides is 6. The lowest BCUT2D eigenvalue weighted by atomic mass is 10.1. The van der Waals surface area contributed by atoms with Gasteiger partial charge in [0, 0.05) is 13.1 Å². The summed E-state index contributed by atoms with van der Waals surface area (Å²) in [5.74, 6) is -1.54. The van der Waals surface area contributed by atoms with Crippen LogP contribution in [-0.4, -0.2) is 51.6 Å². The molecule has 0 bridgehead atoms. The summed E-state index contributed by atoms with van der Waals surface area (Å²) in [6, 6.07) is 2.83. The third-order valence-corrected chi connectivity index (χ3v) is 2.65. The van der Waals surface area contributed by atoms with Gasteiger partial charge in [0.1, 0.15) is 11.5 Å². The Balaban J connectivity index is 0.00000625. The molecule has 0 saturated carbocycles. The van der Waals surface area contributed by atoms with Gasteiger partial charge in [-0.3, -0.25) is 4.79 Å². The van der Waals surface area contributed by atoms with Gasteiger partial charge in [-0.1, -0.05) is 0 Å². The number of benzene rings is 1. The second-order valence-electron chi connectivity index (χ2n) is 4.83. The van der Waals surface area contributed by atoms with E-state index in [0.717, 1.165) is 18.2 Å². The first-order valence-corrected chi connectivity index (χ1v) is 6.98. The zero-order valence-electron chi connectivity index (χ0n) is 13.5. The number of ether oxygens (including phenoxy) is 2. The van der Waals surface area contributed by atoms with Crippen LogP contribution < -0.4 is 20.1 Å². The molecule has 0 fully saturated rings. The van der Waals surface area contributed by atoms with E-state index in [2.05, 4.69) is 20.1 Å². The highest BCUT2D eigenvalue weighted by Gasteiger charge is 2.30. The van der Waals surface area contributed by atoms with Gasteiger partial charge >= 0.3 is 12.4 Å². The Kier molecular flexibility index (Phi) is 9.57. The molecule has 26 heavy (non-hydrogen) atoms. The largest absolute Gasteiger partial charge is 0.484 e. The van der Waals surface area contributed by atoms with Crippen LogP contribution >= 0.6 is 12.4 Å². The molecule has 1 aromatic rings. The van der Waals surface area contributed by atoms with Crippen molar-refractivity contribution < 1.29 is 40.6 Å². The minimum Gasteiger partial charge on any atom is -0.484 e. The summed E-state index contributed by atoms with van der Waals surface area (Å²) < 4.78 is 82.4. The zero-order valence-corrected chi connectivity index (χ0v) is 14.3. The molecule has 1 rings (SSSR count). The van der Waals surface area contributed by atoms with E-state index in [1.165, 1.54) is 0 Å². The number of carbonyl (C=O) groups is 1. The maximum absolute atomic E-state index is 12.3. The van der Waals surface area contributed by atoms with Crippen molar-refractivity contribution in [2.75, 3.05) is 33.4 Å². The van der Waals surface area contributed by atoms with Gasteiger partial charge in [-0.15, -0.1) is 12.4 Å². The molecular formula is C14H17ClF6N2O3. The standard InChI is InChI=1S/C14H16F6N2O3.ClH/c1-21-4-5-22-12(23)10-6-9(24-7-13(15,16)17)2-3-11(10)25-8-14(18,19)20;/h2-3,6,21H,4-5,7-8H2,1H3,(H,22,23);1H. The van der Waals surface area contributed by atoms with E-state index in [1.54, 1.807) is 7.05 Å². The van der Waals surface area contributed by atoms with Crippen molar-refractivity contribution in [3.8, 4) is 11.5 Å². The first-order valence-electron chi connectivity index (χ1n) is 6.98. The van der Waals surface area contributed by atoms with E-state index < -0.39 is 37.2 Å². The number of hydrogen-bond donors (Lipinski definition) is 2. The van der Waals surface area contributed by atoms with Gasteiger partial charge in [0.2, 0.25) is 0 Å². The molecule has 0 aliphatic carbocycles. The van der Waals surface area contributed by atoms with Crippen LogP contribution in [0, 0.1) is 0 Å². The minimum atomic E-state index is -4.63. The molecule has 0 aliphatic rings. The second-order valence-corrected chi connectivity index (χ2v) is 4.83. The monoisotopic (exact) mass is 410 g/mol. The first-order chi connectivity index (χ1) is 11.5. The highest BCUT2D eigenvalue weighted by molar-refractivity contribution is 5.97. The Morgan fingerprint density at radius 2 is 1.58 bits per heavy atom. The topological polar surface area (TPSA) is 59.6 Å². The van der Waals surface area contributed by atoms with Crippen molar-refractivity contribution in [2.45, 2.75) is 12.4 Å². The zero-order chi connectivity index (χ0) is 19.1. The van der Waals surface area contributed by atoms with Crippen LogP contribution in [0.1, 0.15) is 10.4 Å². The fourth-order valence-corrected chi connectivity index (χ4v) is 1.62. The number of carbonyl (C=O) groups excluding carboxylic acids is 1. The van der Waals surface area contributed by atoms with E-state index in [9.17, 15) is 31.1 Å². The molecular weight excluding hydrogens is 394 g/mol. The molecule has 0 radical (unpaired) electrons. The highest BCUT2D eigenvalue weighted by Crippen LogP contribution is 2.27. The molecule has 0 unspecified atom stereocenters. The molecule has 150 valence electrons. The van der Waals surface area contributed by atoms with Crippen LogP contribution in [0.25, 0.3) is 0 Å². The summed E-state index contributed by atoms with van der Waals surface area (Å²) in [7, 11) is 1.62. The van der Waals surface area contributed by atoms with Crippen LogP contribution in [0.5, 0.6) is 11.5 Å². The smallest absolute Gasteiger partial charge is 0.422 e. The molecule has 0 spiro atoms. The van der Waals surface area contributed by atoms with Crippen molar-refractivity contribution in [3.63, 3.8) is 0 Å². The van der Waals surface area contributed by atoms with E-state index in [1.807, 2.05) is 0 Å². The first kappa shape index (κ1) is 24.1. The minimum absolute atomic E-state index is 0. The fraction of sp³-hybridized carbons (Fsp3) is 0.500. The number of likely N-dealkylation sites (N-methyl/N-ethyl adjacent to an activating group) is 1. The number of nitrogens with one attached hydrogen (secondary N) is 2. The summed E-state index contributed by atoms with van der Waals surface area (Å²) in [4.78, 5) is 12.0. The van der Waals surface area contributed by atoms with E-state index in [4.69, 9.17) is 0 Å². The quantitative estimate of drug-likeness (QED) is 0.511.